The number of aryl methyl sites for hydroxylation is 1. The van der Waals surface area contributed by atoms with E-state index in [1.807, 2.05) is 6.07 Å². The van der Waals surface area contributed by atoms with Gasteiger partial charge in [-0.1, -0.05) is 6.92 Å². The van der Waals surface area contributed by atoms with Crippen LogP contribution in [0.2, 0.25) is 0 Å². The zero-order valence-corrected chi connectivity index (χ0v) is 8.04. The number of nitrogens with zero attached hydrogens (tertiary/aromatic N) is 1. The van der Waals surface area contributed by atoms with E-state index in [-0.39, 0.29) is 0 Å². The third-order valence-electron chi connectivity index (χ3n) is 1.71. The van der Waals surface area contributed by atoms with Crippen molar-refractivity contribution in [1.29, 1.82) is 0 Å². The van der Waals surface area contributed by atoms with Crippen molar-refractivity contribution in [2.24, 2.45) is 0 Å². The Balaban J connectivity index is 2.93. The molecule has 71 valence electrons. The van der Waals surface area contributed by atoms with E-state index in [4.69, 9.17) is 9.47 Å². The quantitative estimate of drug-likeness (QED) is 0.708. The van der Waals surface area contributed by atoms with Gasteiger partial charge in [-0.25, -0.2) is 4.98 Å². The molecule has 3 heteroatoms. The number of methoxy groups -OCH3 is 2. The fraction of sp³-hybridized carbons (Fsp3) is 0.400. The molecule has 0 amide bonds. The maximum Gasteiger partial charge on any atom is 0.216 e. The molecule has 0 aliphatic rings. The van der Waals surface area contributed by atoms with E-state index in [2.05, 4.69) is 11.9 Å². The number of rotatable bonds is 4. The normalized spacial score (nSPS) is 9.77. The lowest BCUT2D eigenvalue weighted by atomic mass is 10.2. The number of hydrogen-bond acceptors (Lipinski definition) is 3. The van der Waals surface area contributed by atoms with Crippen LogP contribution in [0.5, 0.6) is 11.6 Å². The minimum Gasteiger partial charge on any atom is -0.496 e. The van der Waals surface area contributed by atoms with Gasteiger partial charge in [-0.05, 0) is 12.8 Å². The average molecular weight is 180 g/mol. The monoisotopic (exact) mass is 180 g/mol. The third-order valence-corrected chi connectivity index (χ3v) is 1.71. The largest absolute Gasteiger partial charge is 0.496 e. The first kappa shape index (κ1) is 9.84. The lowest BCUT2D eigenvalue weighted by Crippen LogP contribution is -1.95. The topological polar surface area (TPSA) is 31.4 Å². The second-order valence-electron chi connectivity index (χ2n) is 2.64. The molecule has 0 aliphatic heterocycles. The van der Waals surface area contributed by atoms with Gasteiger partial charge < -0.3 is 9.47 Å². The van der Waals surface area contributed by atoms with Gasteiger partial charge in [0.05, 0.1) is 14.2 Å². The van der Waals surface area contributed by atoms with Crippen molar-refractivity contribution >= 4 is 0 Å². The van der Waals surface area contributed by atoms with Gasteiger partial charge in [-0.15, -0.1) is 0 Å². The van der Waals surface area contributed by atoms with E-state index in [0.29, 0.717) is 5.88 Å². The van der Waals surface area contributed by atoms with Crippen LogP contribution in [-0.2, 0) is 6.42 Å². The fourth-order valence-electron chi connectivity index (χ4n) is 1.07. The first-order chi connectivity index (χ1) is 6.30. The average Bonchev–Trinajstić information content (AvgIpc) is 2.17. The summed E-state index contributed by atoms with van der Waals surface area (Å²) in [5.41, 5.74) is 0.950. The lowest BCUT2D eigenvalue weighted by molar-refractivity contribution is 0.380. The Morgan fingerprint density at radius 1 is 1.31 bits per heavy atom. The molecule has 3 nitrogen and oxygen atoms in total. The maximum absolute atomic E-state index is 5.10. The second-order valence-corrected chi connectivity index (χ2v) is 2.64. The Labute approximate surface area is 78.7 Å². The molecule has 0 N–H and O–H groups in total. The van der Waals surface area contributed by atoms with Crippen molar-refractivity contribution in [2.45, 2.75) is 12.8 Å². The number of aromatic nitrogens is 1. The fourth-order valence-corrected chi connectivity index (χ4v) is 1.07. The SMILES string of the molecule is [CH2]CCc1cc(OC)cc(OC)n1. The molecule has 0 fully saturated rings. The van der Waals surface area contributed by atoms with Crippen LogP contribution in [0, 0.1) is 6.92 Å². The molecule has 1 aromatic heterocycles. The third kappa shape index (κ3) is 2.61. The predicted molar refractivity (Wildman–Crippen MR) is 51.0 cm³/mol. The Morgan fingerprint density at radius 2 is 2.08 bits per heavy atom. The van der Waals surface area contributed by atoms with Gasteiger partial charge in [0.15, 0.2) is 0 Å². The standard InChI is InChI=1S/C10H14NO2/c1-4-5-8-6-9(12-2)7-10(11-8)13-3/h6-7H,1,4-5H2,2-3H3. The molecule has 1 aromatic rings. The molecular formula is C10H14NO2. The van der Waals surface area contributed by atoms with Crippen LogP contribution in [0.15, 0.2) is 12.1 Å². The molecule has 13 heavy (non-hydrogen) atoms. The molecule has 0 atom stereocenters. The minimum absolute atomic E-state index is 0.586. The van der Waals surface area contributed by atoms with Gasteiger partial charge in [0, 0.05) is 17.8 Å². The molecule has 0 aromatic carbocycles. The van der Waals surface area contributed by atoms with Crippen molar-refractivity contribution in [3.63, 3.8) is 0 Å². The highest BCUT2D eigenvalue weighted by Gasteiger charge is 2.01. The van der Waals surface area contributed by atoms with E-state index < -0.39 is 0 Å². The molecule has 0 spiro atoms. The summed E-state index contributed by atoms with van der Waals surface area (Å²) in [5, 5.41) is 0. The molecule has 0 saturated heterocycles. The van der Waals surface area contributed by atoms with Crippen LogP contribution in [0.1, 0.15) is 12.1 Å². The van der Waals surface area contributed by atoms with Gasteiger partial charge in [0.25, 0.3) is 0 Å². The van der Waals surface area contributed by atoms with Crippen molar-refractivity contribution in [1.82, 2.24) is 4.98 Å². The summed E-state index contributed by atoms with van der Waals surface area (Å²) < 4.78 is 10.1. The predicted octanol–water partition coefficient (Wildman–Crippen LogP) is 1.87. The molecule has 1 radical (unpaired) electrons. The highest BCUT2D eigenvalue weighted by Crippen LogP contribution is 2.19. The number of hydrogen-bond donors (Lipinski definition) is 0. The summed E-state index contributed by atoms with van der Waals surface area (Å²) in [5.74, 6) is 1.36. The summed E-state index contributed by atoms with van der Waals surface area (Å²) in [7, 11) is 3.22. The van der Waals surface area contributed by atoms with Gasteiger partial charge in [-0.2, -0.15) is 0 Å². The van der Waals surface area contributed by atoms with Crippen LogP contribution >= 0.6 is 0 Å². The van der Waals surface area contributed by atoms with Crippen molar-refractivity contribution in [3.05, 3.63) is 24.8 Å². The van der Waals surface area contributed by atoms with Crippen molar-refractivity contribution in [3.8, 4) is 11.6 Å². The molecule has 0 aliphatic carbocycles. The molecule has 0 unspecified atom stereocenters. The van der Waals surface area contributed by atoms with E-state index in [9.17, 15) is 0 Å². The summed E-state index contributed by atoms with van der Waals surface area (Å²) in [6.45, 7) is 3.77. The van der Waals surface area contributed by atoms with Crippen LogP contribution in [0.3, 0.4) is 0 Å². The van der Waals surface area contributed by atoms with Gasteiger partial charge in [-0.3, -0.25) is 0 Å². The van der Waals surface area contributed by atoms with E-state index in [1.54, 1.807) is 20.3 Å². The lowest BCUT2D eigenvalue weighted by Gasteiger charge is -2.06. The maximum atomic E-state index is 5.10. The van der Waals surface area contributed by atoms with Gasteiger partial charge in [0.1, 0.15) is 5.75 Å². The van der Waals surface area contributed by atoms with Crippen molar-refractivity contribution in [2.75, 3.05) is 14.2 Å². The molecular weight excluding hydrogens is 166 g/mol. The molecule has 0 bridgehead atoms. The summed E-state index contributed by atoms with van der Waals surface area (Å²) in [4.78, 5) is 4.25. The first-order valence-corrected chi connectivity index (χ1v) is 4.18. The highest BCUT2D eigenvalue weighted by atomic mass is 16.5. The summed E-state index contributed by atoms with van der Waals surface area (Å²) in [6, 6.07) is 3.65. The van der Waals surface area contributed by atoms with E-state index in [0.717, 1.165) is 24.3 Å². The van der Waals surface area contributed by atoms with Crippen LogP contribution in [-0.4, -0.2) is 19.2 Å². The second kappa shape index (κ2) is 4.70. The summed E-state index contributed by atoms with van der Waals surface area (Å²) >= 11 is 0. The highest BCUT2D eigenvalue weighted by molar-refractivity contribution is 5.30. The zero-order chi connectivity index (χ0) is 9.68. The molecule has 1 heterocycles. The number of pyridine rings is 1. The first-order valence-electron chi connectivity index (χ1n) is 4.18. The Kier molecular flexibility index (Phi) is 3.55. The summed E-state index contributed by atoms with van der Waals surface area (Å²) in [6.07, 6.45) is 1.66. The number of ether oxygens (including phenoxy) is 2. The molecule has 1 rings (SSSR count). The Morgan fingerprint density at radius 3 is 2.62 bits per heavy atom. The van der Waals surface area contributed by atoms with Gasteiger partial charge in [0.2, 0.25) is 5.88 Å². The van der Waals surface area contributed by atoms with Crippen molar-refractivity contribution < 1.29 is 9.47 Å². The van der Waals surface area contributed by atoms with Crippen LogP contribution in [0.4, 0.5) is 0 Å². The van der Waals surface area contributed by atoms with E-state index >= 15 is 0 Å². The molecule has 0 saturated carbocycles. The van der Waals surface area contributed by atoms with E-state index in [1.165, 1.54) is 0 Å². The Bertz CT molecular complexity index is 251. The Hall–Kier alpha value is -1.25. The minimum atomic E-state index is 0.586. The van der Waals surface area contributed by atoms with Crippen LogP contribution in [0.25, 0.3) is 0 Å². The zero-order valence-electron chi connectivity index (χ0n) is 8.04. The van der Waals surface area contributed by atoms with Crippen LogP contribution < -0.4 is 9.47 Å². The van der Waals surface area contributed by atoms with Gasteiger partial charge >= 0.3 is 0 Å². The smallest absolute Gasteiger partial charge is 0.216 e.